The maximum atomic E-state index is 10.7. The first-order chi connectivity index (χ1) is 9.31. The van der Waals surface area contributed by atoms with Crippen LogP contribution in [0.3, 0.4) is 0 Å². The molecule has 110 valence electrons. The van der Waals surface area contributed by atoms with Gasteiger partial charge in [0.25, 0.3) is 0 Å². The van der Waals surface area contributed by atoms with Gasteiger partial charge in [-0.1, -0.05) is 23.7 Å². The molecule has 0 aliphatic rings. The number of halogens is 1. The van der Waals surface area contributed by atoms with E-state index in [4.69, 9.17) is 16.7 Å². The lowest BCUT2D eigenvalue weighted by molar-refractivity contribution is -0.136. The van der Waals surface area contributed by atoms with Gasteiger partial charge in [-0.05, 0) is 17.2 Å². The fraction of sp³-hybridized carbons (Fsp3) is 0.385. The number of carbonyl (C=O) groups excluding carboxylic acids is 1. The van der Waals surface area contributed by atoms with Crippen molar-refractivity contribution in [3.8, 4) is 0 Å². The van der Waals surface area contributed by atoms with Crippen LogP contribution in [0.15, 0.2) is 18.2 Å². The van der Waals surface area contributed by atoms with Crippen molar-refractivity contribution in [2.45, 2.75) is 25.6 Å². The van der Waals surface area contributed by atoms with Crippen molar-refractivity contribution >= 4 is 23.5 Å². The van der Waals surface area contributed by atoms with Crippen molar-refractivity contribution in [1.82, 2.24) is 5.32 Å². The van der Waals surface area contributed by atoms with E-state index in [9.17, 15) is 19.8 Å². The highest BCUT2D eigenvalue weighted by molar-refractivity contribution is 6.31. The number of amides is 1. The molecule has 1 aromatic carbocycles. The second-order valence-electron chi connectivity index (χ2n) is 4.37. The number of aliphatic hydroxyl groups is 2. The summed E-state index contributed by atoms with van der Waals surface area (Å²) in [6, 6.07) is 4.39. The van der Waals surface area contributed by atoms with E-state index < -0.39 is 18.2 Å². The van der Waals surface area contributed by atoms with Crippen molar-refractivity contribution < 1.29 is 24.9 Å². The van der Waals surface area contributed by atoms with E-state index in [2.05, 4.69) is 5.32 Å². The second kappa shape index (κ2) is 7.23. The molecule has 2 atom stereocenters. The highest BCUT2D eigenvalue weighted by atomic mass is 35.5. The molecule has 0 aliphatic heterocycles. The Hall–Kier alpha value is -1.63. The number of nitrogens with one attached hydrogen (secondary N) is 1. The van der Waals surface area contributed by atoms with Gasteiger partial charge in [-0.3, -0.25) is 9.59 Å². The summed E-state index contributed by atoms with van der Waals surface area (Å²) >= 11 is 5.86. The minimum atomic E-state index is -1.24. The first-order valence-electron chi connectivity index (χ1n) is 5.92. The maximum absolute atomic E-state index is 10.7. The van der Waals surface area contributed by atoms with E-state index in [0.717, 1.165) is 0 Å². The average molecular weight is 302 g/mol. The van der Waals surface area contributed by atoms with E-state index in [0.29, 0.717) is 11.1 Å². The predicted octanol–water partition coefficient (Wildman–Crippen LogP) is 0.498. The largest absolute Gasteiger partial charge is 0.481 e. The molecule has 0 heterocycles. The molecule has 1 aromatic rings. The third kappa shape index (κ3) is 4.80. The Bertz CT molecular complexity index is 506. The van der Waals surface area contributed by atoms with E-state index in [1.54, 1.807) is 0 Å². The van der Waals surface area contributed by atoms with Gasteiger partial charge >= 0.3 is 5.97 Å². The minimum Gasteiger partial charge on any atom is -0.481 e. The average Bonchev–Trinajstić information content (AvgIpc) is 2.37. The van der Waals surface area contributed by atoms with Crippen LogP contribution in [-0.2, 0) is 16.0 Å². The van der Waals surface area contributed by atoms with Gasteiger partial charge in [-0.15, -0.1) is 0 Å². The molecule has 7 heteroatoms. The smallest absolute Gasteiger partial charge is 0.307 e. The van der Waals surface area contributed by atoms with E-state index >= 15 is 0 Å². The standard InChI is InChI=1S/C13H16ClNO5/c1-7(16)15-6-11(17)13(20)8-2-3-10(14)9(4-8)5-12(18)19/h2-4,11,13,17,20H,5-6H2,1H3,(H,15,16)(H,18,19). The Morgan fingerprint density at radius 1 is 1.35 bits per heavy atom. The number of benzene rings is 1. The molecule has 0 saturated carbocycles. The topological polar surface area (TPSA) is 107 Å². The first kappa shape index (κ1) is 16.4. The van der Waals surface area contributed by atoms with Gasteiger partial charge < -0.3 is 20.6 Å². The Morgan fingerprint density at radius 2 is 2.00 bits per heavy atom. The van der Waals surface area contributed by atoms with E-state index in [1.165, 1.54) is 25.1 Å². The number of rotatable bonds is 6. The summed E-state index contributed by atoms with van der Waals surface area (Å²) in [5.74, 6) is -1.36. The summed E-state index contributed by atoms with van der Waals surface area (Å²) in [7, 11) is 0. The third-order valence-corrected chi connectivity index (χ3v) is 3.05. The molecule has 0 radical (unpaired) electrons. The molecule has 1 amide bonds. The summed E-state index contributed by atoms with van der Waals surface area (Å²) in [5, 5.41) is 31.1. The summed E-state index contributed by atoms with van der Waals surface area (Å²) in [6.45, 7) is 1.19. The van der Waals surface area contributed by atoms with Gasteiger partial charge in [-0.2, -0.15) is 0 Å². The van der Waals surface area contributed by atoms with Crippen LogP contribution in [0.4, 0.5) is 0 Å². The second-order valence-corrected chi connectivity index (χ2v) is 4.78. The van der Waals surface area contributed by atoms with Gasteiger partial charge in [0, 0.05) is 18.5 Å². The van der Waals surface area contributed by atoms with Crippen LogP contribution in [0.1, 0.15) is 24.2 Å². The number of aliphatic carboxylic acids is 1. The van der Waals surface area contributed by atoms with Gasteiger partial charge in [0.15, 0.2) is 0 Å². The number of aliphatic hydroxyl groups excluding tert-OH is 2. The fourth-order valence-electron chi connectivity index (χ4n) is 1.66. The zero-order valence-corrected chi connectivity index (χ0v) is 11.6. The zero-order valence-electron chi connectivity index (χ0n) is 10.8. The molecule has 0 aliphatic carbocycles. The van der Waals surface area contributed by atoms with Gasteiger partial charge in [0.05, 0.1) is 6.42 Å². The number of carboxylic acid groups (broad SMARTS) is 1. The lowest BCUT2D eigenvalue weighted by atomic mass is 10.0. The molecule has 2 unspecified atom stereocenters. The van der Waals surface area contributed by atoms with E-state index in [1.807, 2.05) is 0 Å². The molecule has 1 rings (SSSR count). The predicted molar refractivity (Wildman–Crippen MR) is 72.4 cm³/mol. The normalized spacial score (nSPS) is 13.6. The van der Waals surface area contributed by atoms with Crippen molar-refractivity contribution in [3.63, 3.8) is 0 Å². The summed E-state index contributed by atoms with van der Waals surface area (Å²) in [6.07, 6.45) is -2.72. The Balaban J connectivity index is 2.84. The monoisotopic (exact) mass is 301 g/mol. The van der Waals surface area contributed by atoms with E-state index in [-0.39, 0.29) is 23.9 Å². The molecular formula is C13H16ClNO5. The maximum Gasteiger partial charge on any atom is 0.307 e. The fourth-order valence-corrected chi connectivity index (χ4v) is 1.84. The van der Waals surface area contributed by atoms with Gasteiger partial charge in [-0.25, -0.2) is 0 Å². The molecular weight excluding hydrogens is 286 g/mol. The minimum absolute atomic E-state index is 0.104. The van der Waals surface area contributed by atoms with Crippen LogP contribution >= 0.6 is 11.6 Å². The van der Waals surface area contributed by atoms with Crippen LogP contribution in [-0.4, -0.2) is 39.8 Å². The van der Waals surface area contributed by atoms with Crippen molar-refractivity contribution in [3.05, 3.63) is 34.3 Å². The van der Waals surface area contributed by atoms with Gasteiger partial charge in [0.2, 0.25) is 5.91 Å². The molecule has 0 fully saturated rings. The van der Waals surface area contributed by atoms with Crippen LogP contribution < -0.4 is 5.32 Å². The SMILES string of the molecule is CC(=O)NCC(O)C(O)c1ccc(Cl)c(CC(=O)O)c1. The summed E-state index contributed by atoms with van der Waals surface area (Å²) in [4.78, 5) is 21.4. The van der Waals surface area contributed by atoms with Crippen molar-refractivity contribution in [2.75, 3.05) is 6.54 Å². The van der Waals surface area contributed by atoms with Crippen LogP contribution in [0.5, 0.6) is 0 Å². The number of carboxylic acids is 1. The molecule has 6 nitrogen and oxygen atoms in total. The van der Waals surface area contributed by atoms with Crippen LogP contribution in [0, 0.1) is 0 Å². The molecule has 20 heavy (non-hydrogen) atoms. The molecule has 0 aromatic heterocycles. The Labute approximate surface area is 121 Å². The molecule has 0 bridgehead atoms. The lowest BCUT2D eigenvalue weighted by Crippen LogP contribution is -2.34. The summed E-state index contributed by atoms with van der Waals surface area (Å²) in [5.41, 5.74) is 0.686. The highest BCUT2D eigenvalue weighted by Gasteiger charge is 2.20. The summed E-state index contributed by atoms with van der Waals surface area (Å²) < 4.78 is 0. The first-order valence-corrected chi connectivity index (χ1v) is 6.29. The Morgan fingerprint density at radius 3 is 2.55 bits per heavy atom. The molecule has 0 saturated heterocycles. The van der Waals surface area contributed by atoms with Gasteiger partial charge in [0.1, 0.15) is 12.2 Å². The lowest BCUT2D eigenvalue weighted by Gasteiger charge is -2.19. The quantitative estimate of drug-likeness (QED) is 0.612. The molecule has 0 spiro atoms. The number of hydrogen-bond acceptors (Lipinski definition) is 4. The Kier molecular flexibility index (Phi) is 5.94. The number of hydrogen-bond donors (Lipinski definition) is 4. The third-order valence-electron chi connectivity index (χ3n) is 2.68. The van der Waals surface area contributed by atoms with Crippen molar-refractivity contribution in [2.24, 2.45) is 0 Å². The van der Waals surface area contributed by atoms with Crippen LogP contribution in [0.25, 0.3) is 0 Å². The molecule has 4 N–H and O–H groups in total. The number of carbonyl (C=O) groups is 2. The zero-order chi connectivity index (χ0) is 15.3. The van der Waals surface area contributed by atoms with Crippen molar-refractivity contribution in [1.29, 1.82) is 0 Å². The highest BCUT2D eigenvalue weighted by Crippen LogP contribution is 2.24. The van der Waals surface area contributed by atoms with Crippen LogP contribution in [0.2, 0.25) is 5.02 Å².